The van der Waals surface area contributed by atoms with Crippen LogP contribution in [-0.2, 0) is 0 Å². The molecule has 0 unspecified atom stereocenters. The number of nitrogens with one attached hydrogen (secondary N) is 1. The van der Waals surface area contributed by atoms with E-state index in [1.807, 2.05) is 0 Å². The SMILES string of the molecule is N=C(N)c1ccnc(OCCCC(F)(F)F)n1. The number of nitrogens with zero attached hydrogens (tertiary/aromatic N) is 2. The molecule has 0 radical (unpaired) electrons. The van der Waals surface area contributed by atoms with Crippen molar-refractivity contribution in [2.75, 3.05) is 6.61 Å². The maximum atomic E-state index is 11.8. The second kappa shape index (κ2) is 5.46. The molecule has 5 nitrogen and oxygen atoms in total. The average Bonchev–Trinajstić information content (AvgIpc) is 2.23. The molecular formula is C9H11F3N4O. The van der Waals surface area contributed by atoms with E-state index in [-0.39, 0.29) is 30.6 Å². The van der Waals surface area contributed by atoms with Crippen molar-refractivity contribution in [3.63, 3.8) is 0 Å². The van der Waals surface area contributed by atoms with Crippen molar-refractivity contribution in [2.24, 2.45) is 5.73 Å². The lowest BCUT2D eigenvalue weighted by molar-refractivity contribution is -0.136. The molecule has 94 valence electrons. The highest BCUT2D eigenvalue weighted by atomic mass is 19.4. The van der Waals surface area contributed by atoms with Gasteiger partial charge in [-0.1, -0.05) is 0 Å². The smallest absolute Gasteiger partial charge is 0.389 e. The molecule has 0 fully saturated rings. The third kappa shape index (κ3) is 5.14. The Hall–Kier alpha value is -1.86. The molecule has 1 rings (SSSR count). The third-order valence-corrected chi connectivity index (χ3v) is 1.75. The van der Waals surface area contributed by atoms with Crippen LogP contribution in [0.4, 0.5) is 13.2 Å². The highest BCUT2D eigenvalue weighted by Gasteiger charge is 2.26. The van der Waals surface area contributed by atoms with Crippen LogP contribution in [-0.4, -0.2) is 28.6 Å². The van der Waals surface area contributed by atoms with Crippen LogP contribution < -0.4 is 10.5 Å². The van der Waals surface area contributed by atoms with E-state index >= 15 is 0 Å². The number of halogens is 3. The summed E-state index contributed by atoms with van der Waals surface area (Å²) in [6, 6.07) is 1.32. The van der Waals surface area contributed by atoms with Gasteiger partial charge in [0.1, 0.15) is 11.5 Å². The largest absolute Gasteiger partial charge is 0.463 e. The molecule has 0 bridgehead atoms. The van der Waals surface area contributed by atoms with Gasteiger partial charge in [0.2, 0.25) is 0 Å². The summed E-state index contributed by atoms with van der Waals surface area (Å²) in [5, 5.41) is 7.11. The van der Waals surface area contributed by atoms with Crippen molar-refractivity contribution in [3.05, 3.63) is 18.0 Å². The number of hydrogen-bond acceptors (Lipinski definition) is 4. The standard InChI is InChI=1S/C9H11F3N4O/c10-9(11,12)3-1-5-17-8-15-4-2-6(16-8)7(13)14/h2,4H,1,3,5H2,(H3,13,14). The van der Waals surface area contributed by atoms with Crippen molar-refractivity contribution in [1.82, 2.24) is 9.97 Å². The molecule has 0 saturated heterocycles. The second-order valence-electron chi connectivity index (χ2n) is 3.21. The average molecular weight is 248 g/mol. The van der Waals surface area contributed by atoms with Crippen molar-refractivity contribution < 1.29 is 17.9 Å². The van der Waals surface area contributed by atoms with Gasteiger partial charge in [0.25, 0.3) is 0 Å². The summed E-state index contributed by atoms with van der Waals surface area (Å²) in [5.41, 5.74) is 5.36. The summed E-state index contributed by atoms with van der Waals surface area (Å²) in [5.74, 6) is -0.257. The lowest BCUT2D eigenvalue weighted by atomic mass is 10.3. The molecular weight excluding hydrogens is 237 g/mol. The van der Waals surface area contributed by atoms with E-state index in [0.717, 1.165) is 0 Å². The molecule has 0 atom stereocenters. The van der Waals surface area contributed by atoms with E-state index in [1.54, 1.807) is 0 Å². The van der Waals surface area contributed by atoms with E-state index in [4.69, 9.17) is 15.9 Å². The number of amidine groups is 1. The number of rotatable bonds is 5. The quantitative estimate of drug-likeness (QED) is 0.469. The minimum Gasteiger partial charge on any atom is -0.463 e. The molecule has 0 spiro atoms. The van der Waals surface area contributed by atoms with Gasteiger partial charge in [0.15, 0.2) is 0 Å². The normalized spacial score (nSPS) is 11.2. The first kappa shape index (κ1) is 13.2. The van der Waals surface area contributed by atoms with Crippen LogP contribution in [0.15, 0.2) is 12.3 Å². The van der Waals surface area contributed by atoms with Crippen LogP contribution >= 0.6 is 0 Å². The zero-order valence-electron chi connectivity index (χ0n) is 8.79. The predicted octanol–water partition coefficient (Wildman–Crippen LogP) is 1.48. The van der Waals surface area contributed by atoms with Gasteiger partial charge in [0.05, 0.1) is 6.61 Å². The highest BCUT2D eigenvalue weighted by molar-refractivity contribution is 5.92. The number of hydrogen-bond donors (Lipinski definition) is 2. The lowest BCUT2D eigenvalue weighted by Gasteiger charge is -2.07. The molecule has 1 aromatic rings. The van der Waals surface area contributed by atoms with Gasteiger partial charge in [-0.05, 0) is 12.5 Å². The maximum Gasteiger partial charge on any atom is 0.389 e. The molecule has 0 aromatic carbocycles. The fraction of sp³-hybridized carbons (Fsp3) is 0.444. The van der Waals surface area contributed by atoms with E-state index in [1.165, 1.54) is 12.3 Å². The molecule has 0 aliphatic carbocycles. The molecule has 0 aliphatic rings. The number of ether oxygens (including phenoxy) is 1. The zero-order chi connectivity index (χ0) is 12.9. The van der Waals surface area contributed by atoms with Gasteiger partial charge >= 0.3 is 12.2 Å². The zero-order valence-corrected chi connectivity index (χ0v) is 8.79. The van der Waals surface area contributed by atoms with E-state index < -0.39 is 12.6 Å². The monoisotopic (exact) mass is 248 g/mol. The highest BCUT2D eigenvalue weighted by Crippen LogP contribution is 2.21. The third-order valence-electron chi connectivity index (χ3n) is 1.75. The van der Waals surface area contributed by atoms with Crippen LogP contribution in [0.2, 0.25) is 0 Å². The van der Waals surface area contributed by atoms with Crippen molar-refractivity contribution >= 4 is 5.84 Å². The topological polar surface area (TPSA) is 84.9 Å². The minimum absolute atomic E-state index is 0.0834. The molecule has 3 N–H and O–H groups in total. The number of aromatic nitrogens is 2. The summed E-state index contributed by atoms with van der Waals surface area (Å²) >= 11 is 0. The summed E-state index contributed by atoms with van der Waals surface area (Å²) < 4.78 is 40.4. The fourth-order valence-corrected chi connectivity index (χ4v) is 0.996. The number of nitrogen functional groups attached to an aromatic ring is 1. The minimum atomic E-state index is -4.19. The Kier molecular flexibility index (Phi) is 4.24. The van der Waals surface area contributed by atoms with Crippen molar-refractivity contribution in [1.29, 1.82) is 5.41 Å². The molecule has 8 heteroatoms. The van der Waals surface area contributed by atoms with Crippen LogP contribution in [0.3, 0.4) is 0 Å². The maximum absolute atomic E-state index is 11.8. The van der Waals surface area contributed by atoms with Crippen LogP contribution in [0.5, 0.6) is 6.01 Å². The first-order valence-corrected chi connectivity index (χ1v) is 4.75. The van der Waals surface area contributed by atoms with E-state index in [0.29, 0.717) is 0 Å². The van der Waals surface area contributed by atoms with Crippen LogP contribution in [0, 0.1) is 5.41 Å². The Bertz CT molecular complexity index is 394. The van der Waals surface area contributed by atoms with Crippen molar-refractivity contribution in [3.8, 4) is 6.01 Å². The van der Waals surface area contributed by atoms with Gasteiger partial charge < -0.3 is 10.5 Å². The van der Waals surface area contributed by atoms with Gasteiger partial charge in [-0.3, -0.25) is 5.41 Å². The number of alkyl halides is 3. The Labute approximate surface area is 95.3 Å². The van der Waals surface area contributed by atoms with Crippen molar-refractivity contribution in [2.45, 2.75) is 19.0 Å². The van der Waals surface area contributed by atoms with Gasteiger partial charge in [-0.15, -0.1) is 0 Å². The van der Waals surface area contributed by atoms with Gasteiger partial charge in [0, 0.05) is 12.6 Å². The molecule has 1 heterocycles. The summed E-state index contributed by atoms with van der Waals surface area (Å²) in [6.07, 6.45) is -3.95. The first-order chi connectivity index (χ1) is 7.88. The first-order valence-electron chi connectivity index (χ1n) is 4.75. The summed E-state index contributed by atoms with van der Waals surface area (Å²) in [7, 11) is 0. The predicted molar refractivity (Wildman–Crippen MR) is 53.8 cm³/mol. The number of nitrogens with two attached hydrogens (primary N) is 1. The van der Waals surface area contributed by atoms with E-state index in [9.17, 15) is 13.2 Å². The van der Waals surface area contributed by atoms with Crippen LogP contribution in [0.25, 0.3) is 0 Å². The molecule has 0 saturated carbocycles. The summed E-state index contributed by atoms with van der Waals surface area (Å²) in [6.45, 7) is -0.138. The molecule has 0 aliphatic heterocycles. The van der Waals surface area contributed by atoms with Crippen LogP contribution in [0.1, 0.15) is 18.5 Å². The Morgan fingerprint density at radius 1 is 1.47 bits per heavy atom. The molecule has 1 aromatic heterocycles. The van der Waals surface area contributed by atoms with Gasteiger partial charge in [-0.25, -0.2) is 4.98 Å². The second-order valence-corrected chi connectivity index (χ2v) is 3.21. The lowest BCUT2D eigenvalue weighted by Crippen LogP contribution is -2.15. The molecule has 0 amide bonds. The molecule has 17 heavy (non-hydrogen) atoms. The Balaban J connectivity index is 2.42. The van der Waals surface area contributed by atoms with Gasteiger partial charge in [-0.2, -0.15) is 18.2 Å². The fourth-order valence-electron chi connectivity index (χ4n) is 0.996. The van der Waals surface area contributed by atoms with E-state index in [2.05, 4.69) is 9.97 Å². The Morgan fingerprint density at radius 2 is 2.18 bits per heavy atom. The Morgan fingerprint density at radius 3 is 2.76 bits per heavy atom. The summed E-state index contributed by atoms with van der Waals surface area (Å²) in [4.78, 5) is 7.43.